The number of hydrogen-bond acceptors (Lipinski definition) is 4. The Morgan fingerprint density at radius 2 is 2.10 bits per heavy atom. The predicted octanol–water partition coefficient (Wildman–Crippen LogP) is 2.52. The zero-order valence-corrected chi connectivity index (χ0v) is 12.1. The van der Waals surface area contributed by atoms with Crippen LogP contribution in [0.5, 0.6) is 5.75 Å². The van der Waals surface area contributed by atoms with Crippen LogP contribution in [0, 0.1) is 5.92 Å². The quantitative estimate of drug-likeness (QED) is 0.801. The van der Waals surface area contributed by atoms with Crippen molar-refractivity contribution in [2.24, 2.45) is 5.92 Å². The number of fused-ring (bicyclic) bond motifs is 3. The minimum absolute atomic E-state index is 0.0256. The van der Waals surface area contributed by atoms with Crippen LogP contribution in [0.1, 0.15) is 38.3 Å². The lowest BCUT2D eigenvalue weighted by Gasteiger charge is -2.53. The first-order chi connectivity index (χ1) is 9.37. The zero-order chi connectivity index (χ0) is 14.5. The van der Waals surface area contributed by atoms with Crippen molar-refractivity contribution in [3.8, 4) is 5.75 Å². The second-order valence-electron chi connectivity index (χ2n) is 6.28. The number of carbonyl (C=O) groups is 1. The van der Waals surface area contributed by atoms with E-state index in [1.807, 2.05) is 32.9 Å². The van der Waals surface area contributed by atoms with Crippen molar-refractivity contribution < 1.29 is 19.4 Å². The van der Waals surface area contributed by atoms with E-state index in [1.165, 1.54) is 0 Å². The van der Waals surface area contributed by atoms with Crippen LogP contribution in [0.4, 0.5) is 0 Å². The van der Waals surface area contributed by atoms with E-state index in [0.29, 0.717) is 5.75 Å². The second kappa shape index (κ2) is 4.30. The molecular formula is C16H20O4. The molecule has 1 N–H and O–H groups in total. The maximum atomic E-state index is 11.4. The molecule has 1 heterocycles. The molecule has 1 saturated heterocycles. The molecule has 0 amide bonds. The van der Waals surface area contributed by atoms with E-state index < -0.39 is 17.5 Å². The fourth-order valence-corrected chi connectivity index (χ4v) is 3.75. The lowest BCUT2D eigenvalue weighted by atomic mass is 9.69. The molecule has 2 aliphatic rings. The molecule has 4 heteroatoms. The molecule has 1 aliphatic heterocycles. The molecule has 0 spiro atoms. The van der Waals surface area contributed by atoms with Gasteiger partial charge >= 0.3 is 0 Å². The molecule has 3 atom stereocenters. The average Bonchev–Trinajstić information content (AvgIpc) is 2.36. The molecule has 0 radical (unpaired) electrons. The van der Waals surface area contributed by atoms with Crippen LogP contribution in [0.2, 0.25) is 0 Å². The third kappa shape index (κ3) is 1.86. The van der Waals surface area contributed by atoms with Gasteiger partial charge in [-0.2, -0.15) is 0 Å². The summed E-state index contributed by atoms with van der Waals surface area (Å²) in [6.45, 7) is 5.64. The lowest BCUT2D eigenvalue weighted by molar-refractivity contribution is -0.351. The van der Waals surface area contributed by atoms with E-state index in [0.717, 1.165) is 30.3 Å². The molecule has 1 aromatic carbocycles. The van der Waals surface area contributed by atoms with Gasteiger partial charge in [-0.3, -0.25) is 0 Å². The number of ether oxygens (including phenoxy) is 2. The van der Waals surface area contributed by atoms with Gasteiger partial charge in [-0.1, -0.05) is 12.1 Å². The van der Waals surface area contributed by atoms with Crippen molar-refractivity contribution in [2.45, 2.75) is 51.1 Å². The first-order valence-electron chi connectivity index (χ1n) is 7.02. The van der Waals surface area contributed by atoms with E-state index in [4.69, 9.17) is 9.47 Å². The van der Waals surface area contributed by atoms with Crippen molar-refractivity contribution in [2.75, 3.05) is 0 Å². The number of phenols is 1. The van der Waals surface area contributed by atoms with Crippen molar-refractivity contribution in [3.63, 3.8) is 0 Å². The Balaban J connectivity index is 2.14. The van der Waals surface area contributed by atoms with Gasteiger partial charge in [0.15, 0.2) is 5.79 Å². The Bertz CT molecular complexity index is 551. The number of hydrogen-bond donors (Lipinski definition) is 1. The fourth-order valence-electron chi connectivity index (χ4n) is 3.75. The van der Waals surface area contributed by atoms with E-state index >= 15 is 0 Å². The Morgan fingerprint density at radius 1 is 1.35 bits per heavy atom. The van der Waals surface area contributed by atoms with Gasteiger partial charge in [-0.25, -0.2) is 0 Å². The van der Waals surface area contributed by atoms with Gasteiger partial charge in [0, 0.05) is 5.92 Å². The summed E-state index contributed by atoms with van der Waals surface area (Å²) in [5.41, 5.74) is 1.28. The first kappa shape index (κ1) is 13.6. The highest BCUT2D eigenvalue weighted by molar-refractivity contribution is 5.58. The van der Waals surface area contributed by atoms with Crippen LogP contribution in [0.15, 0.2) is 18.2 Å². The van der Waals surface area contributed by atoms with Gasteiger partial charge in [0.1, 0.15) is 18.1 Å². The summed E-state index contributed by atoms with van der Waals surface area (Å²) < 4.78 is 11.9. The molecule has 3 rings (SSSR count). The maximum Gasteiger partial charge on any atom is 0.164 e. The number of rotatable bonds is 1. The third-order valence-corrected chi connectivity index (χ3v) is 4.51. The molecule has 1 aliphatic carbocycles. The molecule has 1 aromatic rings. The highest BCUT2D eigenvalue weighted by Gasteiger charge is 2.54. The molecule has 0 unspecified atom stereocenters. The number of benzene rings is 1. The van der Waals surface area contributed by atoms with Crippen LogP contribution >= 0.6 is 0 Å². The van der Waals surface area contributed by atoms with E-state index in [1.54, 1.807) is 6.07 Å². The molecule has 1 fully saturated rings. The van der Waals surface area contributed by atoms with E-state index in [9.17, 15) is 9.90 Å². The fraction of sp³-hybridized carbons (Fsp3) is 0.562. The molecule has 108 valence electrons. The highest BCUT2D eigenvalue weighted by atomic mass is 16.7. The third-order valence-electron chi connectivity index (χ3n) is 4.51. The zero-order valence-electron chi connectivity index (χ0n) is 12.1. The van der Waals surface area contributed by atoms with Gasteiger partial charge in [0.25, 0.3) is 0 Å². The molecular weight excluding hydrogens is 256 g/mol. The van der Waals surface area contributed by atoms with Crippen LogP contribution in [-0.2, 0) is 26.3 Å². The monoisotopic (exact) mass is 276 g/mol. The summed E-state index contributed by atoms with van der Waals surface area (Å²) in [7, 11) is 0. The molecule has 0 aromatic heterocycles. The Labute approximate surface area is 118 Å². The van der Waals surface area contributed by atoms with Crippen LogP contribution in [0.3, 0.4) is 0 Å². The topological polar surface area (TPSA) is 55.8 Å². The van der Waals surface area contributed by atoms with Crippen LogP contribution in [0.25, 0.3) is 0 Å². The van der Waals surface area contributed by atoms with Crippen molar-refractivity contribution in [1.82, 2.24) is 0 Å². The minimum Gasteiger partial charge on any atom is -0.508 e. The molecule has 20 heavy (non-hydrogen) atoms. The summed E-state index contributed by atoms with van der Waals surface area (Å²) in [6.07, 6.45) is 1.90. The van der Waals surface area contributed by atoms with Gasteiger partial charge in [-0.15, -0.1) is 0 Å². The minimum atomic E-state index is -0.823. The first-order valence-corrected chi connectivity index (χ1v) is 7.02. The van der Waals surface area contributed by atoms with Crippen molar-refractivity contribution in [3.05, 3.63) is 29.3 Å². The Kier molecular flexibility index (Phi) is 2.92. The summed E-state index contributed by atoms with van der Waals surface area (Å²) in [5, 5.41) is 10.1. The van der Waals surface area contributed by atoms with Crippen LogP contribution in [-0.4, -0.2) is 23.3 Å². The largest absolute Gasteiger partial charge is 0.508 e. The van der Waals surface area contributed by atoms with Crippen molar-refractivity contribution >= 4 is 6.29 Å². The summed E-state index contributed by atoms with van der Waals surface area (Å²) >= 11 is 0. The summed E-state index contributed by atoms with van der Waals surface area (Å²) in [4.78, 5) is 11.4. The predicted molar refractivity (Wildman–Crippen MR) is 73.4 cm³/mol. The number of phenolic OH excluding ortho intramolecular Hbond substituents is 1. The Morgan fingerprint density at radius 3 is 2.80 bits per heavy atom. The molecule has 0 saturated carbocycles. The lowest BCUT2D eigenvalue weighted by Crippen LogP contribution is -2.57. The second-order valence-corrected chi connectivity index (χ2v) is 6.28. The Hall–Kier alpha value is -1.39. The van der Waals surface area contributed by atoms with E-state index in [2.05, 4.69) is 0 Å². The van der Waals surface area contributed by atoms with Crippen molar-refractivity contribution in [1.29, 1.82) is 0 Å². The van der Waals surface area contributed by atoms with Crippen LogP contribution < -0.4 is 0 Å². The molecule has 0 bridgehead atoms. The molecule has 4 nitrogen and oxygen atoms in total. The van der Waals surface area contributed by atoms with Gasteiger partial charge < -0.3 is 19.4 Å². The number of aldehydes is 1. The maximum absolute atomic E-state index is 11.4. The number of aromatic hydroxyl groups is 1. The normalized spacial score (nSPS) is 35.0. The smallest absolute Gasteiger partial charge is 0.164 e. The van der Waals surface area contributed by atoms with Gasteiger partial charge in [0.05, 0.1) is 5.60 Å². The standard InChI is InChI=1S/C16H20O4/c1-15(2)19-14(9-17)12-8-7-10-11(16(12,3)20-15)5-4-6-13(10)18/h4-6,9,12,14,18H,7-8H2,1-3H3/t12-,14-,16+/m1/s1. The SMILES string of the molecule is CC1(C)O[C@H](C=O)[C@H]2CCc3c(O)cccc3[C@]2(C)O1. The summed E-state index contributed by atoms with van der Waals surface area (Å²) in [6, 6.07) is 5.50. The van der Waals surface area contributed by atoms with E-state index in [-0.39, 0.29) is 5.92 Å². The summed E-state index contributed by atoms with van der Waals surface area (Å²) in [5.74, 6) is -0.545. The average molecular weight is 276 g/mol. The van der Waals surface area contributed by atoms with Gasteiger partial charge in [0.2, 0.25) is 0 Å². The highest BCUT2D eigenvalue weighted by Crippen LogP contribution is 2.51. The van der Waals surface area contributed by atoms with Gasteiger partial charge in [-0.05, 0) is 50.8 Å². The number of carbonyl (C=O) groups excluding carboxylic acids is 1.